The van der Waals surface area contributed by atoms with Crippen molar-refractivity contribution in [2.45, 2.75) is 13.3 Å². The first-order valence-electron chi connectivity index (χ1n) is 8.01. The van der Waals surface area contributed by atoms with Crippen molar-refractivity contribution in [2.24, 2.45) is 5.10 Å². The first-order chi connectivity index (χ1) is 12.6. The molecule has 0 aliphatic carbocycles. The third-order valence-corrected chi connectivity index (χ3v) is 3.42. The van der Waals surface area contributed by atoms with Gasteiger partial charge in [0.05, 0.1) is 37.7 Å². The number of benzene rings is 2. The van der Waals surface area contributed by atoms with Gasteiger partial charge in [-0.1, -0.05) is 6.92 Å². The molecule has 1 N–H and O–H groups in total. The minimum atomic E-state index is -0.451. The highest BCUT2D eigenvalue weighted by atomic mass is 16.6. The summed E-state index contributed by atoms with van der Waals surface area (Å²) in [6, 6.07) is 9.55. The second-order valence-corrected chi connectivity index (χ2v) is 5.28. The highest BCUT2D eigenvalue weighted by Crippen LogP contribution is 2.38. The van der Waals surface area contributed by atoms with Gasteiger partial charge in [-0.2, -0.15) is 5.10 Å². The number of non-ortho nitro benzene ring substituents is 1. The van der Waals surface area contributed by atoms with Crippen LogP contribution >= 0.6 is 0 Å². The maximum Gasteiger partial charge on any atom is 0.269 e. The van der Waals surface area contributed by atoms with Gasteiger partial charge in [-0.15, -0.1) is 0 Å². The molecule has 2 aromatic carbocycles. The van der Waals surface area contributed by atoms with E-state index in [4.69, 9.17) is 14.2 Å². The van der Waals surface area contributed by atoms with E-state index in [2.05, 4.69) is 10.5 Å². The molecule has 26 heavy (non-hydrogen) atoms. The van der Waals surface area contributed by atoms with Crippen molar-refractivity contribution in [1.82, 2.24) is 0 Å². The van der Waals surface area contributed by atoms with Crippen LogP contribution in [0.3, 0.4) is 0 Å². The van der Waals surface area contributed by atoms with Gasteiger partial charge < -0.3 is 14.2 Å². The first-order valence-corrected chi connectivity index (χ1v) is 8.01. The lowest BCUT2D eigenvalue weighted by Gasteiger charge is -2.14. The molecule has 2 aromatic rings. The van der Waals surface area contributed by atoms with Crippen LogP contribution in [-0.2, 0) is 0 Å². The molecule has 0 spiro atoms. The topological polar surface area (TPSA) is 95.2 Å². The van der Waals surface area contributed by atoms with Gasteiger partial charge in [0.1, 0.15) is 0 Å². The van der Waals surface area contributed by atoms with Crippen LogP contribution in [0.1, 0.15) is 18.9 Å². The van der Waals surface area contributed by atoms with E-state index >= 15 is 0 Å². The van der Waals surface area contributed by atoms with Gasteiger partial charge in [-0.25, -0.2) is 0 Å². The SMILES string of the molecule is CCCOc1c(OC)cc(/C=N/Nc2ccc([N+](=O)[O-])cc2)cc1OC. The smallest absolute Gasteiger partial charge is 0.269 e. The highest BCUT2D eigenvalue weighted by Gasteiger charge is 2.13. The summed E-state index contributed by atoms with van der Waals surface area (Å²) in [7, 11) is 3.12. The molecule has 0 saturated heterocycles. The fourth-order valence-corrected chi connectivity index (χ4v) is 2.16. The number of hydrogen-bond donors (Lipinski definition) is 1. The van der Waals surface area contributed by atoms with Crippen LogP contribution in [0.25, 0.3) is 0 Å². The molecule has 0 aromatic heterocycles. The lowest BCUT2D eigenvalue weighted by Crippen LogP contribution is -2.01. The lowest BCUT2D eigenvalue weighted by molar-refractivity contribution is -0.384. The summed E-state index contributed by atoms with van der Waals surface area (Å²) in [6.07, 6.45) is 2.46. The highest BCUT2D eigenvalue weighted by molar-refractivity contribution is 5.83. The van der Waals surface area contributed by atoms with Crippen molar-refractivity contribution in [3.05, 3.63) is 52.1 Å². The molecule has 0 amide bonds. The van der Waals surface area contributed by atoms with Crippen molar-refractivity contribution in [3.8, 4) is 17.2 Å². The Morgan fingerprint density at radius 1 is 1.15 bits per heavy atom. The summed E-state index contributed by atoms with van der Waals surface area (Å²) < 4.78 is 16.4. The number of anilines is 1. The zero-order valence-electron chi connectivity index (χ0n) is 14.9. The zero-order valence-corrected chi connectivity index (χ0v) is 14.9. The molecule has 0 heterocycles. The van der Waals surface area contributed by atoms with Crippen LogP contribution in [0.15, 0.2) is 41.5 Å². The Balaban J connectivity index is 2.15. The Hall–Kier alpha value is -3.29. The molecule has 0 aliphatic heterocycles. The number of nitrogens with zero attached hydrogens (tertiary/aromatic N) is 2. The van der Waals surface area contributed by atoms with E-state index in [0.717, 1.165) is 12.0 Å². The molecular weight excluding hydrogens is 338 g/mol. The van der Waals surface area contributed by atoms with Gasteiger partial charge in [-0.05, 0) is 30.7 Å². The molecule has 0 atom stereocenters. The Kier molecular flexibility index (Phi) is 6.78. The van der Waals surface area contributed by atoms with Crippen molar-refractivity contribution in [1.29, 1.82) is 0 Å². The van der Waals surface area contributed by atoms with Crippen molar-refractivity contribution < 1.29 is 19.1 Å². The van der Waals surface area contributed by atoms with Crippen molar-refractivity contribution in [2.75, 3.05) is 26.3 Å². The average Bonchev–Trinajstić information content (AvgIpc) is 2.66. The number of nitro benzene ring substituents is 1. The van der Waals surface area contributed by atoms with E-state index in [1.807, 2.05) is 6.92 Å². The molecule has 0 unspecified atom stereocenters. The summed E-state index contributed by atoms with van der Waals surface area (Å²) in [5.41, 5.74) is 4.22. The van der Waals surface area contributed by atoms with Gasteiger partial charge in [0.2, 0.25) is 5.75 Å². The number of ether oxygens (including phenoxy) is 3. The number of nitro groups is 1. The number of nitrogens with one attached hydrogen (secondary N) is 1. The third kappa shape index (κ3) is 4.85. The molecule has 0 aliphatic rings. The molecule has 0 radical (unpaired) electrons. The minimum Gasteiger partial charge on any atom is -0.493 e. The first kappa shape index (κ1) is 19.0. The Morgan fingerprint density at radius 3 is 2.27 bits per heavy atom. The average molecular weight is 359 g/mol. The summed E-state index contributed by atoms with van der Waals surface area (Å²) in [4.78, 5) is 10.2. The Morgan fingerprint density at radius 2 is 1.77 bits per heavy atom. The number of hydrogen-bond acceptors (Lipinski definition) is 7. The molecule has 2 rings (SSSR count). The van der Waals surface area contributed by atoms with E-state index in [-0.39, 0.29) is 5.69 Å². The van der Waals surface area contributed by atoms with E-state index in [1.165, 1.54) is 12.1 Å². The maximum absolute atomic E-state index is 10.6. The van der Waals surface area contributed by atoms with E-state index < -0.39 is 4.92 Å². The minimum absolute atomic E-state index is 0.0247. The second-order valence-electron chi connectivity index (χ2n) is 5.28. The standard InChI is InChI=1S/C18H21N3O5/c1-4-9-26-18-16(24-2)10-13(11-17(18)25-3)12-19-20-14-5-7-15(8-6-14)21(22)23/h5-8,10-12,20H,4,9H2,1-3H3/b19-12+. The summed E-state index contributed by atoms with van der Waals surface area (Å²) >= 11 is 0. The lowest BCUT2D eigenvalue weighted by atomic mass is 10.2. The Bertz CT molecular complexity index is 750. The fraction of sp³-hybridized carbons (Fsp3) is 0.278. The van der Waals surface area contributed by atoms with Gasteiger partial charge in [-0.3, -0.25) is 15.5 Å². The third-order valence-electron chi connectivity index (χ3n) is 3.42. The van der Waals surface area contributed by atoms with Crippen LogP contribution in [0.2, 0.25) is 0 Å². The fourth-order valence-electron chi connectivity index (χ4n) is 2.16. The van der Waals surface area contributed by atoms with E-state index in [9.17, 15) is 10.1 Å². The van der Waals surface area contributed by atoms with Crippen LogP contribution in [0, 0.1) is 10.1 Å². The van der Waals surface area contributed by atoms with Gasteiger partial charge in [0.25, 0.3) is 5.69 Å². The molecule has 8 heteroatoms. The summed E-state index contributed by atoms with van der Waals surface area (Å²) in [6.45, 7) is 2.58. The van der Waals surface area contributed by atoms with Crippen molar-refractivity contribution in [3.63, 3.8) is 0 Å². The normalized spacial score (nSPS) is 10.6. The zero-order chi connectivity index (χ0) is 18.9. The quantitative estimate of drug-likeness (QED) is 0.415. The van der Waals surface area contributed by atoms with Crippen LogP contribution in [-0.4, -0.2) is 32.0 Å². The van der Waals surface area contributed by atoms with Gasteiger partial charge in [0, 0.05) is 17.7 Å². The predicted octanol–water partition coefficient (Wildman–Crippen LogP) is 3.85. The van der Waals surface area contributed by atoms with Crippen LogP contribution in [0.4, 0.5) is 11.4 Å². The van der Waals surface area contributed by atoms with Gasteiger partial charge in [0.15, 0.2) is 11.5 Å². The monoisotopic (exact) mass is 359 g/mol. The van der Waals surface area contributed by atoms with Crippen LogP contribution < -0.4 is 19.6 Å². The van der Waals surface area contributed by atoms with Crippen molar-refractivity contribution >= 4 is 17.6 Å². The predicted molar refractivity (Wildman–Crippen MR) is 99.6 cm³/mol. The molecule has 0 fully saturated rings. The van der Waals surface area contributed by atoms with E-state index in [0.29, 0.717) is 29.5 Å². The van der Waals surface area contributed by atoms with Crippen LogP contribution in [0.5, 0.6) is 17.2 Å². The number of hydrazone groups is 1. The summed E-state index contributed by atoms with van der Waals surface area (Å²) in [5, 5.41) is 14.8. The van der Waals surface area contributed by atoms with E-state index in [1.54, 1.807) is 44.7 Å². The summed E-state index contributed by atoms with van der Waals surface area (Å²) in [5.74, 6) is 1.65. The second kappa shape index (κ2) is 9.26. The molecule has 0 saturated carbocycles. The number of methoxy groups -OCH3 is 2. The Labute approximate surface area is 151 Å². The molecule has 8 nitrogen and oxygen atoms in total. The maximum atomic E-state index is 10.6. The molecule has 138 valence electrons. The largest absolute Gasteiger partial charge is 0.493 e. The van der Waals surface area contributed by atoms with Gasteiger partial charge >= 0.3 is 0 Å². The number of rotatable bonds is 9. The molecule has 0 bridgehead atoms. The molecular formula is C18H21N3O5.